The number of nitrogens with two attached hydrogens (primary N) is 1. The molecule has 0 bridgehead atoms. The van der Waals surface area contributed by atoms with Crippen LogP contribution in [0.2, 0.25) is 0 Å². The van der Waals surface area contributed by atoms with Gasteiger partial charge < -0.3 is 15.0 Å². The van der Waals surface area contributed by atoms with E-state index in [0.717, 1.165) is 12.0 Å². The molecule has 90 valence electrons. The van der Waals surface area contributed by atoms with Gasteiger partial charge in [-0.3, -0.25) is 4.79 Å². The molecule has 0 fully saturated rings. The molecule has 1 atom stereocenters. The molecule has 4 nitrogen and oxygen atoms in total. The molecule has 0 saturated carbocycles. The fourth-order valence-electron chi connectivity index (χ4n) is 1.46. The number of nitrogens with zero attached hydrogens (tertiary/aromatic N) is 1. The molecule has 4 heteroatoms. The Kier molecular flexibility index (Phi) is 4.55. The molecule has 0 saturated heterocycles. The maximum absolute atomic E-state index is 11.4. The van der Waals surface area contributed by atoms with Crippen LogP contribution in [0.3, 0.4) is 0 Å². The van der Waals surface area contributed by atoms with Crippen LogP contribution >= 0.6 is 0 Å². The minimum atomic E-state index is -0.220. The fourth-order valence-corrected chi connectivity index (χ4v) is 1.46. The molecule has 1 heterocycles. The van der Waals surface area contributed by atoms with E-state index in [4.69, 9.17) is 10.5 Å². The molecule has 1 aromatic rings. The molecule has 1 rings (SSSR count). The summed E-state index contributed by atoms with van der Waals surface area (Å²) in [6.45, 7) is 5.96. The number of ether oxygens (including phenoxy) is 1. The lowest BCUT2D eigenvalue weighted by atomic mass is 10.1. The summed E-state index contributed by atoms with van der Waals surface area (Å²) >= 11 is 0. The standard InChI is InChI=1S/C12H20N2O2/c1-4-11(13)10-5-6-14(7-10)8-12(15)16-9(2)3/h5-7,9,11H,4,8,13H2,1-3H3. The topological polar surface area (TPSA) is 57.2 Å². The highest BCUT2D eigenvalue weighted by Gasteiger charge is 2.09. The van der Waals surface area contributed by atoms with Crippen molar-refractivity contribution in [1.82, 2.24) is 4.57 Å². The minimum Gasteiger partial charge on any atom is -0.462 e. The first-order valence-corrected chi connectivity index (χ1v) is 5.63. The molecule has 0 aromatic carbocycles. The van der Waals surface area contributed by atoms with Gasteiger partial charge in [0.25, 0.3) is 0 Å². The smallest absolute Gasteiger partial charge is 0.326 e. The number of aromatic nitrogens is 1. The fraction of sp³-hybridized carbons (Fsp3) is 0.583. The van der Waals surface area contributed by atoms with Gasteiger partial charge in [-0.05, 0) is 31.9 Å². The van der Waals surface area contributed by atoms with Crippen LogP contribution in [-0.4, -0.2) is 16.6 Å². The van der Waals surface area contributed by atoms with Crippen molar-refractivity contribution in [1.29, 1.82) is 0 Å². The third-order valence-electron chi connectivity index (χ3n) is 2.32. The third-order valence-corrected chi connectivity index (χ3v) is 2.32. The summed E-state index contributed by atoms with van der Waals surface area (Å²) in [5.74, 6) is -0.220. The Morgan fingerprint density at radius 2 is 2.25 bits per heavy atom. The lowest BCUT2D eigenvalue weighted by Crippen LogP contribution is -2.16. The largest absolute Gasteiger partial charge is 0.462 e. The van der Waals surface area contributed by atoms with Crippen LogP contribution in [0.25, 0.3) is 0 Å². The normalized spacial score (nSPS) is 12.8. The first-order valence-electron chi connectivity index (χ1n) is 5.63. The number of esters is 1. The maximum Gasteiger partial charge on any atom is 0.326 e. The van der Waals surface area contributed by atoms with Crippen LogP contribution in [0.15, 0.2) is 18.5 Å². The highest BCUT2D eigenvalue weighted by atomic mass is 16.5. The van der Waals surface area contributed by atoms with E-state index in [0.29, 0.717) is 0 Å². The molecule has 16 heavy (non-hydrogen) atoms. The van der Waals surface area contributed by atoms with E-state index in [1.807, 2.05) is 39.2 Å². The summed E-state index contributed by atoms with van der Waals surface area (Å²) in [4.78, 5) is 11.4. The van der Waals surface area contributed by atoms with Crippen LogP contribution in [0.5, 0.6) is 0 Å². The minimum absolute atomic E-state index is 0.0439. The van der Waals surface area contributed by atoms with Crippen LogP contribution in [-0.2, 0) is 16.1 Å². The van der Waals surface area contributed by atoms with Crippen molar-refractivity contribution < 1.29 is 9.53 Å². The van der Waals surface area contributed by atoms with Gasteiger partial charge in [0.05, 0.1) is 6.10 Å². The highest BCUT2D eigenvalue weighted by molar-refractivity contribution is 5.69. The molecule has 1 unspecified atom stereocenters. The van der Waals surface area contributed by atoms with Crippen LogP contribution in [0.1, 0.15) is 38.8 Å². The summed E-state index contributed by atoms with van der Waals surface area (Å²) in [6.07, 6.45) is 4.57. The Hall–Kier alpha value is -1.29. The predicted octanol–water partition coefficient (Wildman–Crippen LogP) is 1.85. The molecular formula is C12H20N2O2. The van der Waals surface area contributed by atoms with Gasteiger partial charge in [-0.15, -0.1) is 0 Å². The highest BCUT2D eigenvalue weighted by Crippen LogP contribution is 2.13. The van der Waals surface area contributed by atoms with Gasteiger partial charge in [0.1, 0.15) is 6.54 Å². The van der Waals surface area contributed by atoms with Gasteiger partial charge in [-0.2, -0.15) is 0 Å². The van der Waals surface area contributed by atoms with Crippen molar-refractivity contribution in [3.63, 3.8) is 0 Å². The summed E-state index contributed by atoms with van der Waals surface area (Å²) in [6, 6.07) is 1.99. The maximum atomic E-state index is 11.4. The third kappa shape index (κ3) is 3.70. The van der Waals surface area contributed by atoms with Gasteiger partial charge in [0.2, 0.25) is 0 Å². The number of hydrogen-bond donors (Lipinski definition) is 1. The zero-order valence-electron chi connectivity index (χ0n) is 10.1. The van der Waals surface area contributed by atoms with E-state index in [2.05, 4.69) is 0 Å². The van der Waals surface area contributed by atoms with Crippen LogP contribution in [0, 0.1) is 0 Å². The summed E-state index contributed by atoms with van der Waals surface area (Å²) in [5.41, 5.74) is 6.95. The first kappa shape index (κ1) is 12.8. The van der Waals surface area contributed by atoms with Crippen molar-refractivity contribution in [3.05, 3.63) is 24.0 Å². The second kappa shape index (κ2) is 5.70. The van der Waals surface area contributed by atoms with Gasteiger partial charge in [-0.1, -0.05) is 6.92 Å². The van der Waals surface area contributed by atoms with E-state index in [-0.39, 0.29) is 24.7 Å². The average Bonchev–Trinajstić information content (AvgIpc) is 2.63. The average molecular weight is 224 g/mol. The summed E-state index contributed by atoms with van der Waals surface area (Å²) in [7, 11) is 0. The van der Waals surface area contributed by atoms with Crippen LogP contribution in [0.4, 0.5) is 0 Å². The molecule has 0 aliphatic heterocycles. The Balaban J connectivity index is 2.55. The lowest BCUT2D eigenvalue weighted by Gasteiger charge is -2.08. The number of carbonyl (C=O) groups is 1. The number of carbonyl (C=O) groups excluding carboxylic acids is 1. The van der Waals surface area contributed by atoms with Gasteiger partial charge in [-0.25, -0.2) is 0 Å². The van der Waals surface area contributed by atoms with Gasteiger partial charge in [0.15, 0.2) is 0 Å². The molecule has 0 radical (unpaired) electrons. The molecule has 0 spiro atoms. The van der Waals surface area contributed by atoms with E-state index in [9.17, 15) is 4.79 Å². The second-order valence-corrected chi connectivity index (χ2v) is 4.17. The van der Waals surface area contributed by atoms with Crippen LogP contribution < -0.4 is 5.73 Å². The number of hydrogen-bond acceptors (Lipinski definition) is 3. The van der Waals surface area contributed by atoms with E-state index in [1.165, 1.54) is 0 Å². The van der Waals surface area contributed by atoms with E-state index >= 15 is 0 Å². The second-order valence-electron chi connectivity index (χ2n) is 4.17. The van der Waals surface area contributed by atoms with Gasteiger partial charge >= 0.3 is 5.97 Å². The molecule has 0 amide bonds. The molecule has 0 aliphatic rings. The lowest BCUT2D eigenvalue weighted by molar-refractivity contribution is -0.148. The van der Waals surface area contributed by atoms with Crippen molar-refractivity contribution in [2.45, 2.75) is 45.9 Å². The molecular weight excluding hydrogens is 204 g/mol. The monoisotopic (exact) mass is 224 g/mol. The van der Waals surface area contributed by atoms with E-state index in [1.54, 1.807) is 4.57 Å². The summed E-state index contributed by atoms with van der Waals surface area (Å²) in [5, 5.41) is 0. The van der Waals surface area contributed by atoms with Crippen molar-refractivity contribution >= 4 is 5.97 Å². The van der Waals surface area contributed by atoms with E-state index < -0.39 is 0 Å². The SMILES string of the molecule is CCC(N)c1ccn(CC(=O)OC(C)C)c1. The van der Waals surface area contributed by atoms with Crippen molar-refractivity contribution in [2.24, 2.45) is 5.73 Å². The quantitative estimate of drug-likeness (QED) is 0.776. The first-order chi connectivity index (χ1) is 7.52. The molecule has 1 aromatic heterocycles. The Morgan fingerprint density at radius 1 is 1.56 bits per heavy atom. The predicted molar refractivity (Wildman–Crippen MR) is 62.9 cm³/mol. The Morgan fingerprint density at radius 3 is 2.81 bits per heavy atom. The zero-order chi connectivity index (χ0) is 12.1. The van der Waals surface area contributed by atoms with Crippen molar-refractivity contribution in [2.75, 3.05) is 0 Å². The zero-order valence-corrected chi connectivity index (χ0v) is 10.1. The summed E-state index contributed by atoms with van der Waals surface area (Å²) < 4.78 is 6.86. The molecule has 0 aliphatic carbocycles. The van der Waals surface area contributed by atoms with Gasteiger partial charge in [0, 0.05) is 18.4 Å². The molecule has 2 N–H and O–H groups in total. The van der Waals surface area contributed by atoms with Crippen molar-refractivity contribution in [3.8, 4) is 0 Å². The Labute approximate surface area is 96.4 Å². The number of rotatable bonds is 5. The Bertz CT molecular complexity index is 345.